The van der Waals surface area contributed by atoms with E-state index in [4.69, 9.17) is 25.8 Å². The number of amides is 1. The molecule has 6 nitrogen and oxygen atoms in total. The number of nitrogens with zero attached hydrogens (tertiary/aromatic N) is 1. The van der Waals surface area contributed by atoms with E-state index in [1.165, 1.54) is 0 Å². The van der Waals surface area contributed by atoms with Crippen LogP contribution >= 0.6 is 11.6 Å². The van der Waals surface area contributed by atoms with Crippen LogP contribution in [0.5, 0.6) is 5.75 Å². The molecule has 3 aliphatic rings. The lowest BCUT2D eigenvalue weighted by atomic mass is 9.66. The van der Waals surface area contributed by atoms with Gasteiger partial charge in [0.25, 0.3) is 5.91 Å². The van der Waals surface area contributed by atoms with Crippen molar-refractivity contribution < 1.29 is 23.8 Å². The number of carbonyl (C=O) groups excluding carboxylic acids is 2. The van der Waals surface area contributed by atoms with Crippen LogP contribution in [0.1, 0.15) is 57.1 Å². The van der Waals surface area contributed by atoms with Gasteiger partial charge in [0, 0.05) is 29.4 Å². The van der Waals surface area contributed by atoms with Crippen molar-refractivity contribution in [3.63, 3.8) is 0 Å². The van der Waals surface area contributed by atoms with Crippen LogP contribution in [-0.4, -0.2) is 48.7 Å². The zero-order chi connectivity index (χ0) is 25.7. The van der Waals surface area contributed by atoms with Gasteiger partial charge in [-0.15, -0.1) is 0 Å². The van der Waals surface area contributed by atoms with E-state index in [1.54, 1.807) is 7.11 Å². The van der Waals surface area contributed by atoms with Crippen molar-refractivity contribution in [2.45, 2.75) is 64.3 Å². The van der Waals surface area contributed by atoms with Crippen molar-refractivity contribution in [3.05, 3.63) is 64.7 Å². The summed E-state index contributed by atoms with van der Waals surface area (Å²) in [5.41, 5.74) is -0.127. The van der Waals surface area contributed by atoms with Gasteiger partial charge in [0.15, 0.2) is 5.60 Å². The topological polar surface area (TPSA) is 65.1 Å². The number of hydrogen-bond donors (Lipinski definition) is 0. The van der Waals surface area contributed by atoms with E-state index in [0.717, 1.165) is 23.3 Å². The number of likely N-dealkylation sites (tertiary alicyclic amines) is 1. The molecule has 0 spiro atoms. The van der Waals surface area contributed by atoms with E-state index in [-0.39, 0.29) is 23.9 Å². The second kappa shape index (κ2) is 9.07. The van der Waals surface area contributed by atoms with Gasteiger partial charge in [0.05, 0.1) is 25.2 Å². The molecule has 2 aromatic carbocycles. The summed E-state index contributed by atoms with van der Waals surface area (Å²) in [6.45, 7) is 7.38. The summed E-state index contributed by atoms with van der Waals surface area (Å²) >= 11 is 6.14. The third-order valence-corrected chi connectivity index (χ3v) is 9.45. The Morgan fingerprint density at radius 1 is 1.08 bits per heavy atom. The Balaban J connectivity index is 1.38. The summed E-state index contributed by atoms with van der Waals surface area (Å²) in [6.07, 6.45) is 1.77. The maximum absolute atomic E-state index is 14.0. The van der Waals surface area contributed by atoms with Crippen molar-refractivity contribution in [2.75, 3.05) is 20.2 Å². The van der Waals surface area contributed by atoms with E-state index < -0.39 is 16.4 Å². The molecule has 0 N–H and O–H groups in total. The molecule has 1 amide bonds. The third-order valence-electron chi connectivity index (χ3n) is 9.20. The molecule has 7 heteroatoms. The highest BCUT2D eigenvalue weighted by molar-refractivity contribution is 6.30. The molecule has 4 atom stereocenters. The normalized spacial score (nSPS) is 30.8. The average molecular weight is 512 g/mol. The molecule has 3 fully saturated rings. The second-order valence-corrected chi connectivity index (χ2v) is 11.5. The predicted octanol–water partition coefficient (Wildman–Crippen LogP) is 5.37. The van der Waals surface area contributed by atoms with Gasteiger partial charge in [-0.3, -0.25) is 9.59 Å². The summed E-state index contributed by atoms with van der Waals surface area (Å²) in [5, 5.41) is 0.690. The Morgan fingerprint density at radius 2 is 1.78 bits per heavy atom. The Morgan fingerprint density at radius 3 is 2.36 bits per heavy atom. The minimum Gasteiger partial charge on any atom is -0.497 e. The number of fused-ring (bicyclic) bond motifs is 2. The second-order valence-electron chi connectivity index (χ2n) is 11.1. The molecule has 192 valence electrons. The summed E-state index contributed by atoms with van der Waals surface area (Å²) in [7, 11) is 1.64. The van der Waals surface area contributed by atoms with Crippen molar-refractivity contribution in [2.24, 2.45) is 10.8 Å². The fourth-order valence-corrected chi connectivity index (χ4v) is 6.39. The lowest BCUT2D eigenvalue weighted by Gasteiger charge is -2.44. The zero-order valence-electron chi connectivity index (χ0n) is 21.4. The van der Waals surface area contributed by atoms with Crippen LogP contribution in [0.4, 0.5) is 0 Å². The quantitative estimate of drug-likeness (QED) is 0.488. The van der Waals surface area contributed by atoms with Gasteiger partial charge < -0.3 is 19.1 Å². The molecule has 5 rings (SSSR count). The van der Waals surface area contributed by atoms with E-state index in [0.29, 0.717) is 37.6 Å². The lowest BCUT2D eigenvalue weighted by molar-refractivity contribution is -0.176. The molecule has 2 bridgehead atoms. The molecule has 1 saturated carbocycles. The van der Waals surface area contributed by atoms with Crippen molar-refractivity contribution in [1.82, 2.24) is 4.90 Å². The summed E-state index contributed by atoms with van der Waals surface area (Å²) < 4.78 is 17.6. The van der Waals surface area contributed by atoms with Gasteiger partial charge in [-0.2, -0.15) is 0 Å². The molecule has 0 unspecified atom stereocenters. The van der Waals surface area contributed by atoms with Gasteiger partial charge in [-0.1, -0.05) is 49.7 Å². The third kappa shape index (κ3) is 3.81. The van der Waals surface area contributed by atoms with Gasteiger partial charge in [-0.25, -0.2) is 0 Å². The van der Waals surface area contributed by atoms with Crippen LogP contribution in [-0.2, 0) is 25.7 Å². The maximum atomic E-state index is 14.0. The number of halogens is 1. The Kier molecular flexibility index (Phi) is 6.32. The molecule has 2 aromatic rings. The first-order valence-electron chi connectivity index (χ1n) is 12.6. The van der Waals surface area contributed by atoms with Crippen LogP contribution in [0.15, 0.2) is 48.5 Å². The zero-order valence-corrected chi connectivity index (χ0v) is 22.1. The first kappa shape index (κ1) is 25.1. The first-order valence-corrected chi connectivity index (χ1v) is 13.0. The van der Waals surface area contributed by atoms with Crippen LogP contribution in [0.3, 0.4) is 0 Å². The number of ether oxygens (including phenoxy) is 3. The SMILES string of the molecule is COc1ccc(CO[C@@H]2CN(C(=O)[C@]34CC[C@@](C)(C(=O)O3)C4(C)C)CC[C@H]2c2ccc(Cl)cc2)cc1. The van der Waals surface area contributed by atoms with E-state index in [9.17, 15) is 9.59 Å². The van der Waals surface area contributed by atoms with Crippen molar-refractivity contribution >= 4 is 23.5 Å². The monoisotopic (exact) mass is 511 g/mol. The fourth-order valence-electron chi connectivity index (χ4n) is 6.26. The predicted molar refractivity (Wildman–Crippen MR) is 137 cm³/mol. The highest BCUT2D eigenvalue weighted by Gasteiger charge is 2.76. The molecule has 0 aromatic heterocycles. The van der Waals surface area contributed by atoms with Crippen LogP contribution < -0.4 is 4.74 Å². The van der Waals surface area contributed by atoms with Crippen LogP contribution in [0.2, 0.25) is 5.02 Å². The van der Waals surface area contributed by atoms with Crippen LogP contribution in [0.25, 0.3) is 0 Å². The highest BCUT2D eigenvalue weighted by atomic mass is 35.5. The highest BCUT2D eigenvalue weighted by Crippen LogP contribution is 2.66. The van der Waals surface area contributed by atoms with Crippen molar-refractivity contribution in [1.29, 1.82) is 0 Å². The molecule has 1 aliphatic carbocycles. The number of rotatable bonds is 6. The summed E-state index contributed by atoms with van der Waals surface area (Å²) in [5.74, 6) is 0.573. The number of carbonyl (C=O) groups is 2. The number of methoxy groups -OCH3 is 1. The fraction of sp³-hybridized carbons (Fsp3) is 0.517. The molecule has 2 heterocycles. The van der Waals surface area contributed by atoms with Crippen LogP contribution in [0, 0.1) is 10.8 Å². The summed E-state index contributed by atoms with van der Waals surface area (Å²) in [4.78, 5) is 28.6. The minimum absolute atomic E-state index is 0.0883. The molecule has 2 saturated heterocycles. The van der Waals surface area contributed by atoms with E-state index in [1.807, 2.05) is 74.2 Å². The van der Waals surface area contributed by atoms with Gasteiger partial charge in [0.1, 0.15) is 5.75 Å². The Bertz CT molecular complexity index is 1150. The molecule has 36 heavy (non-hydrogen) atoms. The molecular weight excluding hydrogens is 478 g/mol. The standard InChI is InChI=1S/C29H34ClNO5/c1-27(2)28(3)14-15-29(27,36-26(28)33)25(32)31-16-13-23(20-7-9-21(30)10-8-20)24(17-31)35-18-19-5-11-22(34-4)12-6-19/h5-12,23-24H,13-18H2,1-4H3/t23-,24+,28-,29-/m0/s1. The lowest BCUT2D eigenvalue weighted by Crippen LogP contribution is -2.58. The number of piperidine rings is 1. The smallest absolute Gasteiger partial charge is 0.313 e. The number of hydrogen-bond acceptors (Lipinski definition) is 5. The van der Waals surface area contributed by atoms with Crippen molar-refractivity contribution in [3.8, 4) is 5.75 Å². The van der Waals surface area contributed by atoms with E-state index in [2.05, 4.69) is 0 Å². The minimum atomic E-state index is -1.10. The largest absolute Gasteiger partial charge is 0.497 e. The van der Waals surface area contributed by atoms with Gasteiger partial charge in [0.2, 0.25) is 0 Å². The maximum Gasteiger partial charge on any atom is 0.313 e. The molecular formula is C29H34ClNO5. The summed E-state index contributed by atoms with van der Waals surface area (Å²) in [6, 6.07) is 15.7. The van der Waals surface area contributed by atoms with E-state index >= 15 is 0 Å². The first-order chi connectivity index (χ1) is 17.1. The number of benzene rings is 2. The number of esters is 1. The Hall–Kier alpha value is -2.57. The average Bonchev–Trinajstić information content (AvgIpc) is 3.18. The molecule has 2 aliphatic heterocycles. The molecule has 0 radical (unpaired) electrons. The Labute approximate surface area is 217 Å². The van der Waals surface area contributed by atoms with Gasteiger partial charge in [-0.05, 0) is 61.6 Å². The van der Waals surface area contributed by atoms with Gasteiger partial charge >= 0.3 is 5.97 Å².